The molecule has 0 saturated heterocycles. The van der Waals surface area contributed by atoms with E-state index in [1.54, 1.807) is 42.6 Å². The standard InChI is InChI=1S/C30H36FN3O2S/c31-26-13-14-28-25(18-26)12-15-30(29(28)17-24-5-4-16-32-19-24)33-20-22-8-10-23(11-9-22)21-34-37(35,36)27-6-2-1-3-7-27/h1-7,13-14,16,18-19,22-23,29-30,33-34H,8-12,15,17,20-21H2/t22?,23?,29-,30+/m0/s1. The van der Waals surface area contributed by atoms with E-state index in [9.17, 15) is 12.8 Å². The molecule has 1 heterocycles. The second-order valence-corrected chi connectivity index (χ2v) is 12.4. The maximum absolute atomic E-state index is 13.9. The van der Waals surface area contributed by atoms with E-state index in [4.69, 9.17) is 0 Å². The third-order valence-corrected chi connectivity index (χ3v) is 9.58. The number of benzene rings is 2. The van der Waals surface area contributed by atoms with Gasteiger partial charge in [0.2, 0.25) is 10.0 Å². The first-order chi connectivity index (χ1) is 18.0. The van der Waals surface area contributed by atoms with Crippen LogP contribution in [0.5, 0.6) is 0 Å². The predicted octanol–water partition coefficient (Wildman–Crippen LogP) is 5.24. The number of rotatable bonds is 9. The van der Waals surface area contributed by atoms with E-state index >= 15 is 0 Å². The van der Waals surface area contributed by atoms with Crippen molar-refractivity contribution in [1.29, 1.82) is 0 Å². The average molecular weight is 522 g/mol. The molecule has 2 N–H and O–H groups in total. The zero-order valence-corrected chi connectivity index (χ0v) is 22.0. The van der Waals surface area contributed by atoms with E-state index in [1.807, 2.05) is 24.4 Å². The van der Waals surface area contributed by atoms with Crippen molar-refractivity contribution in [3.63, 3.8) is 0 Å². The topological polar surface area (TPSA) is 71.1 Å². The molecule has 0 bridgehead atoms. The molecule has 0 radical (unpaired) electrons. The van der Waals surface area contributed by atoms with Gasteiger partial charge in [-0.05, 0) is 110 Å². The highest BCUT2D eigenvalue weighted by molar-refractivity contribution is 7.89. The lowest BCUT2D eigenvalue weighted by atomic mass is 9.76. The van der Waals surface area contributed by atoms with E-state index in [2.05, 4.69) is 21.1 Å². The first-order valence-corrected chi connectivity index (χ1v) is 14.9. The summed E-state index contributed by atoms with van der Waals surface area (Å²) in [5, 5.41) is 3.88. The number of aromatic nitrogens is 1. The molecule has 37 heavy (non-hydrogen) atoms. The molecule has 1 saturated carbocycles. The molecule has 2 aliphatic carbocycles. The van der Waals surface area contributed by atoms with Crippen molar-refractivity contribution in [1.82, 2.24) is 15.0 Å². The Hall–Kier alpha value is -2.61. The van der Waals surface area contributed by atoms with Gasteiger partial charge < -0.3 is 5.32 Å². The van der Waals surface area contributed by atoms with Crippen LogP contribution in [0.3, 0.4) is 0 Å². The SMILES string of the molecule is O=S(=O)(NCC1CCC(CN[C@@H]2CCc3cc(F)ccc3[C@@H]2Cc2cccnc2)CC1)c1ccccc1. The minimum Gasteiger partial charge on any atom is -0.313 e. The van der Waals surface area contributed by atoms with E-state index in [0.717, 1.165) is 57.1 Å². The van der Waals surface area contributed by atoms with Gasteiger partial charge in [0.05, 0.1) is 4.90 Å². The Morgan fingerprint density at radius 3 is 2.38 bits per heavy atom. The van der Waals surface area contributed by atoms with Crippen LogP contribution in [-0.4, -0.2) is 32.5 Å². The number of hydrogen-bond donors (Lipinski definition) is 2. The largest absolute Gasteiger partial charge is 0.313 e. The van der Waals surface area contributed by atoms with E-state index in [-0.39, 0.29) is 11.7 Å². The summed E-state index contributed by atoms with van der Waals surface area (Å²) in [5.41, 5.74) is 3.59. The summed E-state index contributed by atoms with van der Waals surface area (Å²) in [4.78, 5) is 4.62. The van der Waals surface area contributed by atoms with Gasteiger partial charge in [0.1, 0.15) is 5.82 Å². The fourth-order valence-corrected chi connectivity index (χ4v) is 7.16. The summed E-state index contributed by atoms with van der Waals surface area (Å²) < 4.78 is 41.8. The molecule has 0 spiro atoms. The normalized spacial score (nSPS) is 23.9. The maximum atomic E-state index is 13.9. The van der Waals surface area contributed by atoms with Crippen LogP contribution in [0.4, 0.5) is 4.39 Å². The number of fused-ring (bicyclic) bond motifs is 1. The first kappa shape index (κ1) is 26.0. The number of halogens is 1. The Morgan fingerprint density at radius 2 is 1.65 bits per heavy atom. The lowest BCUT2D eigenvalue weighted by Gasteiger charge is -2.36. The summed E-state index contributed by atoms with van der Waals surface area (Å²) in [5.74, 6) is 1.10. The molecule has 5 nitrogen and oxygen atoms in total. The summed E-state index contributed by atoms with van der Waals surface area (Å²) in [7, 11) is -3.45. The molecule has 2 aliphatic rings. The van der Waals surface area contributed by atoms with Crippen molar-refractivity contribution in [3.8, 4) is 0 Å². The number of aryl methyl sites for hydroxylation is 1. The van der Waals surface area contributed by atoms with Crippen molar-refractivity contribution >= 4 is 10.0 Å². The first-order valence-electron chi connectivity index (χ1n) is 13.4. The van der Waals surface area contributed by atoms with Gasteiger partial charge in [-0.3, -0.25) is 4.98 Å². The number of nitrogens with one attached hydrogen (secondary N) is 2. The highest BCUT2D eigenvalue weighted by Gasteiger charge is 2.31. The van der Waals surface area contributed by atoms with Gasteiger partial charge in [-0.1, -0.05) is 30.3 Å². The van der Waals surface area contributed by atoms with Crippen molar-refractivity contribution in [2.24, 2.45) is 11.8 Å². The van der Waals surface area contributed by atoms with Crippen LogP contribution in [0.15, 0.2) is 78.0 Å². The second-order valence-electron chi connectivity index (χ2n) is 10.6. The van der Waals surface area contributed by atoms with E-state index < -0.39 is 10.0 Å². The Bertz CT molecular complexity index is 1260. The molecule has 7 heteroatoms. The van der Waals surface area contributed by atoms with Crippen molar-refractivity contribution in [2.75, 3.05) is 13.1 Å². The fourth-order valence-electron chi connectivity index (χ4n) is 6.02. The van der Waals surface area contributed by atoms with Gasteiger partial charge in [0.25, 0.3) is 0 Å². The molecule has 0 unspecified atom stereocenters. The van der Waals surface area contributed by atoms with Crippen molar-refractivity contribution in [2.45, 2.75) is 61.8 Å². The Morgan fingerprint density at radius 1 is 0.892 bits per heavy atom. The number of nitrogens with zero attached hydrogens (tertiary/aromatic N) is 1. The lowest BCUT2D eigenvalue weighted by molar-refractivity contribution is 0.252. The summed E-state index contributed by atoms with van der Waals surface area (Å²) in [6.07, 6.45) is 10.8. The van der Waals surface area contributed by atoms with Crippen LogP contribution in [0.1, 0.15) is 54.7 Å². The predicted molar refractivity (Wildman–Crippen MR) is 144 cm³/mol. The molecule has 196 valence electrons. The van der Waals surface area contributed by atoms with Gasteiger partial charge in [-0.25, -0.2) is 17.5 Å². The molecule has 1 fully saturated rings. The second kappa shape index (κ2) is 11.8. The molecule has 0 aliphatic heterocycles. The number of sulfonamides is 1. The van der Waals surface area contributed by atoms with Gasteiger partial charge in [-0.15, -0.1) is 0 Å². The van der Waals surface area contributed by atoms with Crippen LogP contribution < -0.4 is 10.0 Å². The smallest absolute Gasteiger partial charge is 0.240 e. The van der Waals surface area contributed by atoms with Crippen LogP contribution in [0, 0.1) is 17.7 Å². The Balaban J connectivity index is 1.15. The quantitative estimate of drug-likeness (QED) is 0.404. The molecule has 1 aromatic heterocycles. The summed E-state index contributed by atoms with van der Waals surface area (Å²) >= 11 is 0. The molecule has 2 atom stereocenters. The van der Waals surface area contributed by atoms with Crippen molar-refractivity contribution in [3.05, 3.63) is 95.6 Å². The van der Waals surface area contributed by atoms with Gasteiger partial charge in [0.15, 0.2) is 0 Å². The number of hydrogen-bond acceptors (Lipinski definition) is 4. The van der Waals surface area contributed by atoms with Crippen LogP contribution in [0.25, 0.3) is 0 Å². The maximum Gasteiger partial charge on any atom is 0.240 e. The average Bonchev–Trinajstić information content (AvgIpc) is 2.93. The van der Waals surface area contributed by atoms with E-state index in [1.165, 1.54) is 11.1 Å². The molecule has 5 rings (SSSR count). The molecule has 3 aromatic rings. The number of pyridine rings is 1. The monoisotopic (exact) mass is 521 g/mol. The molecule has 2 aromatic carbocycles. The van der Waals surface area contributed by atoms with Gasteiger partial charge >= 0.3 is 0 Å². The Kier molecular flexibility index (Phi) is 8.33. The third kappa shape index (κ3) is 6.64. The molecule has 0 amide bonds. The van der Waals surface area contributed by atoms with Gasteiger partial charge in [0, 0.05) is 30.9 Å². The zero-order valence-electron chi connectivity index (χ0n) is 21.2. The minimum absolute atomic E-state index is 0.159. The van der Waals surface area contributed by atoms with E-state index in [0.29, 0.717) is 29.3 Å². The minimum atomic E-state index is -3.45. The van der Waals surface area contributed by atoms with Crippen molar-refractivity contribution < 1.29 is 12.8 Å². The molecular formula is C30H36FN3O2S. The lowest BCUT2D eigenvalue weighted by Crippen LogP contribution is -2.42. The molecular weight excluding hydrogens is 485 g/mol. The summed E-state index contributed by atoms with van der Waals surface area (Å²) in [6.45, 7) is 1.47. The van der Waals surface area contributed by atoms with Crippen LogP contribution in [0.2, 0.25) is 0 Å². The third-order valence-electron chi connectivity index (χ3n) is 8.14. The fraction of sp³-hybridized carbons (Fsp3) is 0.433. The summed E-state index contributed by atoms with van der Waals surface area (Å²) in [6, 6.07) is 18.3. The highest BCUT2D eigenvalue weighted by atomic mass is 32.2. The Labute approximate surface area is 220 Å². The van der Waals surface area contributed by atoms with Crippen LogP contribution >= 0.6 is 0 Å². The zero-order chi connectivity index (χ0) is 25.7. The van der Waals surface area contributed by atoms with Gasteiger partial charge in [-0.2, -0.15) is 0 Å². The highest BCUT2D eigenvalue weighted by Crippen LogP contribution is 2.36. The van der Waals surface area contributed by atoms with Crippen LogP contribution in [-0.2, 0) is 22.9 Å².